The zero-order valence-electron chi connectivity index (χ0n) is 8.72. The van der Waals surface area contributed by atoms with Gasteiger partial charge in [-0.3, -0.25) is 5.10 Å². The smallest absolute Gasteiger partial charge is 0.204 e. The molecule has 2 rings (SSSR count). The Kier molecular flexibility index (Phi) is 2.66. The molecule has 0 fully saturated rings. The van der Waals surface area contributed by atoms with E-state index in [9.17, 15) is 13.2 Å². The number of nitrogen functional groups attached to an aromatic ring is 1. The Morgan fingerprint density at radius 3 is 2.47 bits per heavy atom. The van der Waals surface area contributed by atoms with Gasteiger partial charge >= 0.3 is 0 Å². The van der Waals surface area contributed by atoms with Gasteiger partial charge in [-0.15, -0.1) is 0 Å². The summed E-state index contributed by atoms with van der Waals surface area (Å²) in [5.74, 6) is -4.56. The Labute approximate surface area is 94.2 Å². The van der Waals surface area contributed by atoms with E-state index in [4.69, 9.17) is 10.5 Å². The molecule has 0 bridgehead atoms. The van der Waals surface area contributed by atoms with Crippen molar-refractivity contribution in [2.45, 2.75) is 0 Å². The Morgan fingerprint density at radius 1 is 1.24 bits per heavy atom. The maximum atomic E-state index is 13.4. The van der Waals surface area contributed by atoms with Crippen LogP contribution in [-0.2, 0) is 0 Å². The third-order valence-corrected chi connectivity index (χ3v) is 2.21. The van der Waals surface area contributed by atoms with E-state index in [0.29, 0.717) is 0 Å². The fourth-order valence-corrected chi connectivity index (χ4v) is 1.45. The van der Waals surface area contributed by atoms with Crippen molar-refractivity contribution < 1.29 is 17.9 Å². The topological polar surface area (TPSA) is 63.9 Å². The summed E-state index contributed by atoms with van der Waals surface area (Å²) in [5, 5.41) is 6.07. The molecule has 0 unspecified atom stereocenters. The number of nitrogens with two attached hydrogens (primary N) is 1. The fourth-order valence-electron chi connectivity index (χ4n) is 1.45. The lowest BCUT2D eigenvalue weighted by Crippen LogP contribution is -1.99. The molecule has 0 atom stereocenters. The summed E-state index contributed by atoms with van der Waals surface area (Å²) in [5.41, 5.74) is 5.61. The van der Waals surface area contributed by atoms with Gasteiger partial charge in [0, 0.05) is 11.6 Å². The number of aromatic nitrogens is 2. The van der Waals surface area contributed by atoms with Gasteiger partial charge in [0.25, 0.3) is 0 Å². The minimum absolute atomic E-state index is 0.00750. The second-order valence-electron chi connectivity index (χ2n) is 3.27. The number of aromatic amines is 1. The van der Waals surface area contributed by atoms with E-state index in [0.717, 1.165) is 13.2 Å². The first-order valence-corrected chi connectivity index (χ1v) is 4.57. The first kappa shape index (κ1) is 11.3. The number of nitrogens with one attached hydrogen (secondary N) is 1. The zero-order chi connectivity index (χ0) is 12.6. The molecule has 0 saturated carbocycles. The van der Waals surface area contributed by atoms with Crippen molar-refractivity contribution in [3.05, 3.63) is 29.6 Å². The molecule has 1 aromatic carbocycles. The molecule has 0 radical (unpaired) electrons. The van der Waals surface area contributed by atoms with Crippen LogP contribution in [0.15, 0.2) is 12.1 Å². The first-order valence-electron chi connectivity index (χ1n) is 4.57. The summed E-state index contributed by atoms with van der Waals surface area (Å²) in [6.07, 6.45) is 0. The number of rotatable bonds is 2. The van der Waals surface area contributed by atoms with Gasteiger partial charge in [0.05, 0.1) is 12.8 Å². The lowest BCUT2D eigenvalue weighted by molar-refractivity contribution is 0.362. The van der Waals surface area contributed by atoms with E-state index in [1.54, 1.807) is 0 Å². The molecule has 1 heterocycles. The molecule has 90 valence electrons. The Bertz CT molecular complexity index is 568. The van der Waals surface area contributed by atoms with E-state index < -0.39 is 23.2 Å². The second kappa shape index (κ2) is 4.00. The van der Waals surface area contributed by atoms with Crippen LogP contribution in [0.25, 0.3) is 11.3 Å². The molecule has 17 heavy (non-hydrogen) atoms. The number of nitrogens with zero attached hydrogens (tertiary/aromatic N) is 1. The van der Waals surface area contributed by atoms with Crippen LogP contribution in [-0.4, -0.2) is 17.3 Å². The highest BCUT2D eigenvalue weighted by atomic mass is 19.2. The molecule has 0 aliphatic carbocycles. The summed E-state index contributed by atoms with van der Waals surface area (Å²) in [7, 11) is 1.15. The van der Waals surface area contributed by atoms with Crippen LogP contribution in [0.4, 0.5) is 19.0 Å². The second-order valence-corrected chi connectivity index (χ2v) is 3.27. The number of hydrogen-bond donors (Lipinski definition) is 2. The third kappa shape index (κ3) is 1.79. The van der Waals surface area contributed by atoms with Crippen molar-refractivity contribution in [2.24, 2.45) is 0 Å². The van der Waals surface area contributed by atoms with Gasteiger partial charge in [0.2, 0.25) is 5.82 Å². The number of methoxy groups -OCH3 is 1. The van der Waals surface area contributed by atoms with E-state index in [1.807, 2.05) is 0 Å². The summed E-state index contributed by atoms with van der Waals surface area (Å²) in [4.78, 5) is 0. The molecular formula is C10H8F3N3O. The Hall–Kier alpha value is -2.18. The third-order valence-electron chi connectivity index (χ3n) is 2.21. The number of halogens is 3. The summed E-state index contributed by atoms with van der Waals surface area (Å²) >= 11 is 0. The largest absolute Gasteiger partial charge is 0.493 e. The van der Waals surface area contributed by atoms with Crippen LogP contribution in [0, 0.1) is 17.5 Å². The maximum absolute atomic E-state index is 13.4. The molecule has 0 amide bonds. The average molecular weight is 243 g/mol. The van der Waals surface area contributed by atoms with Crippen molar-refractivity contribution in [1.82, 2.24) is 10.2 Å². The van der Waals surface area contributed by atoms with Gasteiger partial charge < -0.3 is 10.5 Å². The van der Waals surface area contributed by atoms with Crippen LogP contribution in [0.5, 0.6) is 5.75 Å². The van der Waals surface area contributed by atoms with Crippen LogP contribution < -0.4 is 10.5 Å². The quantitative estimate of drug-likeness (QED) is 0.794. The SMILES string of the molecule is COc1c(-c2cc(N)n[nH]2)cc(F)c(F)c1F. The lowest BCUT2D eigenvalue weighted by atomic mass is 10.1. The predicted molar refractivity (Wildman–Crippen MR) is 54.9 cm³/mol. The lowest BCUT2D eigenvalue weighted by Gasteiger charge is -2.08. The first-order chi connectivity index (χ1) is 8.04. The molecule has 3 N–H and O–H groups in total. The number of benzene rings is 1. The molecule has 0 aliphatic rings. The van der Waals surface area contributed by atoms with E-state index in [2.05, 4.69) is 10.2 Å². The van der Waals surface area contributed by atoms with Crippen molar-refractivity contribution in [3.8, 4) is 17.0 Å². The summed E-state index contributed by atoms with van der Waals surface area (Å²) in [6.45, 7) is 0. The zero-order valence-corrected chi connectivity index (χ0v) is 8.72. The van der Waals surface area contributed by atoms with Gasteiger partial charge in [0.15, 0.2) is 17.4 Å². The van der Waals surface area contributed by atoms with Gasteiger partial charge in [-0.25, -0.2) is 8.78 Å². The number of ether oxygens (including phenoxy) is 1. The van der Waals surface area contributed by atoms with Crippen LogP contribution >= 0.6 is 0 Å². The minimum atomic E-state index is -1.59. The fraction of sp³-hybridized carbons (Fsp3) is 0.100. The standard InChI is InChI=1S/C10H8F3N3O/c1-17-10-4(6-3-7(14)16-15-6)2-5(11)8(12)9(10)13/h2-3H,1H3,(H3,14,15,16). The summed E-state index contributed by atoms with van der Waals surface area (Å²) < 4.78 is 44.2. The monoisotopic (exact) mass is 243 g/mol. The van der Waals surface area contributed by atoms with Crippen molar-refractivity contribution in [1.29, 1.82) is 0 Å². The van der Waals surface area contributed by atoms with Gasteiger partial charge in [-0.2, -0.15) is 9.49 Å². The van der Waals surface area contributed by atoms with Crippen LogP contribution in [0.1, 0.15) is 0 Å². The van der Waals surface area contributed by atoms with Crippen molar-refractivity contribution in [2.75, 3.05) is 12.8 Å². The molecule has 0 saturated heterocycles. The highest BCUT2D eigenvalue weighted by Gasteiger charge is 2.21. The van der Waals surface area contributed by atoms with Gasteiger partial charge in [-0.1, -0.05) is 0 Å². The molecule has 1 aromatic heterocycles. The molecule has 0 aliphatic heterocycles. The maximum Gasteiger partial charge on any atom is 0.204 e. The van der Waals surface area contributed by atoms with Crippen LogP contribution in [0.3, 0.4) is 0 Å². The minimum Gasteiger partial charge on any atom is -0.493 e. The summed E-state index contributed by atoms with van der Waals surface area (Å²) in [6, 6.07) is 2.17. The van der Waals surface area contributed by atoms with Crippen molar-refractivity contribution in [3.63, 3.8) is 0 Å². The highest BCUT2D eigenvalue weighted by Crippen LogP contribution is 2.34. The Morgan fingerprint density at radius 2 is 1.94 bits per heavy atom. The molecule has 7 heteroatoms. The normalized spacial score (nSPS) is 10.6. The van der Waals surface area contributed by atoms with Gasteiger partial charge in [-0.05, 0) is 6.07 Å². The predicted octanol–water partition coefficient (Wildman–Crippen LogP) is 2.08. The average Bonchev–Trinajstić information content (AvgIpc) is 2.72. The molecule has 2 aromatic rings. The number of anilines is 1. The van der Waals surface area contributed by atoms with Crippen LogP contribution in [0.2, 0.25) is 0 Å². The van der Waals surface area contributed by atoms with Crippen molar-refractivity contribution >= 4 is 5.82 Å². The van der Waals surface area contributed by atoms with E-state index >= 15 is 0 Å². The number of H-pyrrole nitrogens is 1. The molecule has 4 nitrogen and oxygen atoms in total. The molecule has 0 spiro atoms. The van der Waals surface area contributed by atoms with Gasteiger partial charge in [0.1, 0.15) is 5.82 Å². The van der Waals surface area contributed by atoms with E-state index in [1.165, 1.54) is 6.07 Å². The molecular weight excluding hydrogens is 235 g/mol. The van der Waals surface area contributed by atoms with E-state index in [-0.39, 0.29) is 17.1 Å². The Balaban J connectivity index is 2.69. The highest BCUT2D eigenvalue weighted by molar-refractivity contribution is 5.69. The number of hydrogen-bond acceptors (Lipinski definition) is 3.